The van der Waals surface area contributed by atoms with Crippen LogP contribution in [0, 0.1) is 6.92 Å². The number of nitrogens with one attached hydrogen (secondary N) is 1. The van der Waals surface area contributed by atoms with Crippen LogP contribution < -0.4 is 5.32 Å². The summed E-state index contributed by atoms with van der Waals surface area (Å²) < 4.78 is 3.65. The third-order valence-electron chi connectivity index (χ3n) is 4.58. The molecule has 0 unspecified atom stereocenters. The van der Waals surface area contributed by atoms with Gasteiger partial charge in [0.05, 0.1) is 25.0 Å². The molecule has 0 atom stereocenters. The number of carbonyl (C=O) groups is 1. The number of anilines is 1. The molecule has 2 aromatic carbocycles. The fourth-order valence-corrected chi connectivity index (χ4v) is 3.07. The first-order chi connectivity index (χ1) is 13.7. The van der Waals surface area contributed by atoms with Crippen molar-refractivity contribution >= 4 is 11.6 Å². The Morgan fingerprint density at radius 3 is 2.71 bits per heavy atom. The maximum atomic E-state index is 12.6. The standard InChI is InChI=1S/C22H21N5O/c1-17-6-2-3-8-20(17)15-27-16-21(13-24-27)25-22(28)19-9-4-7-18(12-19)14-26-11-5-10-23-26/h2-13,16H,14-15H2,1H3,(H,25,28). The maximum Gasteiger partial charge on any atom is 0.255 e. The third kappa shape index (κ3) is 4.17. The van der Waals surface area contributed by atoms with E-state index in [1.807, 2.05) is 58.2 Å². The zero-order valence-electron chi connectivity index (χ0n) is 15.6. The van der Waals surface area contributed by atoms with Gasteiger partial charge in [0.25, 0.3) is 5.91 Å². The van der Waals surface area contributed by atoms with E-state index in [4.69, 9.17) is 0 Å². The molecule has 1 amide bonds. The van der Waals surface area contributed by atoms with Crippen LogP contribution in [0.15, 0.2) is 79.4 Å². The van der Waals surface area contributed by atoms with Gasteiger partial charge in [0.1, 0.15) is 0 Å². The lowest BCUT2D eigenvalue weighted by Crippen LogP contribution is -2.12. The number of amides is 1. The molecule has 1 N–H and O–H groups in total. The van der Waals surface area contributed by atoms with Crippen LogP contribution in [-0.4, -0.2) is 25.5 Å². The van der Waals surface area contributed by atoms with E-state index in [9.17, 15) is 4.79 Å². The smallest absolute Gasteiger partial charge is 0.255 e. The Morgan fingerprint density at radius 2 is 1.89 bits per heavy atom. The van der Waals surface area contributed by atoms with Crippen molar-refractivity contribution in [2.45, 2.75) is 20.0 Å². The second-order valence-corrected chi connectivity index (χ2v) is 6.71. The van der Waals surface area contributed by atoms with Crippen molar-refractivity contribution in [3.8, 4) is 0 Å². The number of nitrogens with zero attached hydrogens (tertiary/aromatic N) is 4. The number of carbonyl (C=O) groups excluding carboxylic acids is 1. The molecule has 0 saturated carbocycles. The predicted octanol–water partition coefficient (Wildman–Crippen LogP) is 3.74. The van der Waals surface area contributed by atoms with Gasteiger partial charge in [-0.1, -0.05) is 36.4 Å². The Balaban J connectivity index is 1.43. The molecule has 2 aromatic heterocycles. The summed E-state index contributed by atoms with van der Waals surface area (Å²) in [5, 5.41) is 11.5. The van der Waals surface area contributed by atoms with Crippen molar-refractivity contribution in [1.29, 1.82) is 0 Å². The van der Waals surface area contributed by atoms with Crippen molar-refractivity contribution in [3.05, 3.63) is 102 Å². The van der Waals surface area contributed by atoms with Gasteiger partial charge in [0, 0.05) is 24.2 Å². The largest absolute Gasteiger partial charge is 0.319 e. The molecular formula is C22H21N5O. The number of rotatable bonds is 6. The van der Waals surface area contributed by atoms with Gasteiger partial charge in [-0.2, -0.15) is 10.2 Å². The summed E-state index contributed by atoms with van der Waals surface area (Å²) in [6.07, 6.45) is 7.16. The molecule has 0 spiro atoms. The van der Waals surface area contributed by atoms with Gasteiger partial charge in [-0.05, 0) is 41.8 Å². The number of aromatic nitrogens is 4. The highest BCUT2D eigenvalue weighted by atomic mass is 16.1. The van der Waals surface area contributed by atoms with Gasteiger partial charge in [0.2, 0.25) is 0 Å². The first kappa shape index (κ1) is 17.7. The van der Waals surface area contributed by atoms with E-state index < -0.39 is 0 Å². The highest BCUT2D eigenvalue weighted by Crippen LogP contribution is 2.13. The van der Waals surface area contributed by atoms with Crippen LogP contribution in [0.1, 0.15) is 27.0 Å². The first-order valence-electron chi connectivity index (χ1n) is 9.12. The molecule has 4 rings (SSSR count). The molecule has 140 valence electrons. The van der Waals surface area contributed by atoms with Gasteiger partial charge in [-0.3, -0.25) is 14.2 Å². The Kier molecular flexibility index (Phi) is 5.01. The molecule has 28 heavy (non-hydrogen) atoms. The van der Waals surface area contributed by atoms with Crippen molar-refractivity contribution < 1.29 is 4.79 Å². The molecular weight excluding hydrogens is 350 g/mol. The summed E-state index contributed by atoms with van der Waals surface area (Å²) in [5.41, 5.74) is 4.73. The lowest BCUT2D eigenvalue weighted by molar-refractivity contribution is 0.102. The molecule has 0 bridgehead atoms. The van der Waals surface area contributed by atoms with E-state index in [0.717, 1.165) is 5.56 Å². The van der Waals surface area contributed by atoms with Gasteiger partial charge in [-0.15, -0.1) is 0 Å². The number of aryl methyl sites for hydroxylation is 1. The maximum absolute atomic E-state index is 12.6. The molecule has 0 aliphatic rings. The fraction of sp³-hybridized carbons (Fsp3) is 0.136. The zero-order chi connectivity index (χ0) is 19.3. The molecule has 0 aliphatic heterocycles. The number of benzene rings is 2. The molecule has 4 aromatic rings. The van der Waals surface area contributed by atoms with E-state index in [-0.39, 0.29) is 5.91 Å². The molecule has 6 heteroatoms. The van der Waals surface area contributed by atoms with Gasteiger partial charge < -0.3 is 5.32 Å². The van der Waals surface area contributed by atoms with Crippen LogP contribution in [0.4, 0.5) is 5.69 Å². The van der Waals surface area contributed by atoms with E-state index in [1.54, 1.807) is 18.5 Å². The van der Waals surface area contributed by atoms with Crippen LogP contribution in [0.3, 0.4) is 0 Å². The summed E-state index contributed by atoms with van der Waals surface area (Å²) >= 11 is 0. The topological polar surface area (TPSA) is 64.7 Å². The summed E-state index contributed by atoms with van der Waals surface area (Å²) in [6, 6.07) is 17.6. The van der Waals surface area contributed by atoms with Crippen molar-refractivity contribution in [3.63, 3.8) is 0 Å². The van der Waals surface area contributed by atoms with E-state index >= 15 is 0 Å². The Morgan fingerprint density at radius 1 is 1.00 bits per heavy atom. The van der Waals surface area contributed by atoms with Crippen LogP contribution in [0.5, 0.6) is 0 Å². The Hall–Kier alpha value is -3.67. The second kappa shape index (κ2) is 7.92. The van der Waals surface area contributed by atoms with Gasteiger partial charge >= 0.3 is 0 Å². The van der Waals surface area contributed by atoms with E-state index in [0.29, 0.717) is 24.3 Å². The lowest BCUT2D eigenvalue weighted by Gasteiger charge is -2.07. The second-order valence-electron chi connectivity index (χ2n) is 6.71. The minimum atomic E-state index is -0.155. The molecule has 6 nitrogen and oxygen atoms in total. The Labute approximate surface area is 163 Å². The molecule has 0 radical (unpaired) electrons. The quantitative estimate of drug-likeness (QED) is 0.562. The summed E-state index contributed by atoms with van der Waals surface area (Å²) in [7, 11) is 0. The Bertz CT molecular complexity index is 1080. The van der Waals surface area contributed by atoms with Gasteiger partial charge in [0.15, 0.2) is 0 Å². The van der Waals surface area contributed by atoms with Crippen LogP contribution in [0.25, 0.3) is 0 Å². The molecule has 0 aliphatic carbocycles. The summed E-state index contributed by atoms with van der Waals surface area (Å²) in [6.45, 7) is 3.38. The molecule has 0 saturated heterocycles. The predicted molar refractivity (Wildman–Crippen MR) is 108 cm³/mol. The summed E-state index contributed by atoms with van der Waals surface area (Å²) in [5.74, 6) is -0.155. The SMILES string of the molecule is Cc1ccccc1Cn1cc(NC(=O)c2cccc(Cn3cccn3)c2)cn1. The van der Waals surface area contributed by atoms with Crippen molar-refractivity contribution in [2.24, 2.45) is 0 Å². The average Bonchev–Trinajstić information content (AvgIpc) is 3.36. The van der Waals surface area contributed by atoms with Crippen LogP contribution in [-0.2, 0) is 13.1 Å². The normalized spacial score (nSPS) is 10.8. The van der Waals surface area contributed by atoms with Crippen LogP contribution in [0.2, 0.25) is 0 Å². The summed E-state index contributed by atoms with van der Waals surface area (Å²) in [4.78, 5) is 12.6. The highest BCUT2D eigenvalue weighted by molar-refractivity contribution is 6.04. The molecule has 0 fully saturated rings. The number of hydrogen-bond acceptors (Lipinski definition) is 3. The minimum absolute atomic E-state index is 0.155. The van der Waals surface area contributed by atoms with Crippen LogP contribution >= 0.6 is 0 Å². The lowest BCUT2D eigenvalue weighted by atomic mass is 10.1. The van der Waals surface area contributed by atoms with Gasteiger partial charge in [-0.25, -0.2) is 0 Å². The first-order valence-corrected chi connectivity index (χ1v) is 9.12. The number of hydrogen-bond donors (Lipinski definition) is 1. The average molecular weight is 371 g/mol. The monoisotopic (exact) mass is 371 g/mol. The van der Waals surface area contributed by atoms with E-state index in [2.05, 4.69) is 34.6 Å². The fourth-order valence-electron chi connectivity index (χ4n) is 3.07. The minimum Gasteiger partial charge on any atom is -0.319 e. The zero-order valence-corrected chi connectivity index (χ0v) is 15.6. The highest BCUT2D eigenvalue weighted by Gasteiger charge is 2.09. The van der Waals surface area contributed by atoms with E-state index in [1.165, 1.54) is 11.1 Å². The van der Waals surface area contributed by atoms with Crippen molar-refractivity contribution in [1.82, 2.24) is 19.6 Å². The molecule has 2 heterocycles. The third-order valence-corrected chi connectivity index (χ3v) is 4.58. The van der Waals surface area contributed by atoms with Crippen molar-refractivity contribution in [2.75, 3.05) is 5.32 Å².